The van der Waals surface area contributed by atoms with Crippen LogP contribution in [0.15, 0.2) is 18.2 Å². The van der Waals surface area contributed by atoms with E-state index < -0.39 is 71.7 Å². The summed E-state index contributed by atoms with van der Waals surface area (Å²) in [7, 11) is 0. The molecule has 2 heterocycles. The second kappa shape index (κ2) is 8.94. The third-order valence-electron chi connectivity index (χ3n) is 6.89. The van der Waals surface area contributed by atoms with Gasteiger partial charge in [-0.05, 0) is 24.6 Å². The van der Waals surface area contributed by atoms with Gasteiger partial charge < -0.3 is 9.88 Å². The van der Waals surface area contributed by atoms with Crippen LogP contribution in [0.2, 0.25) is 0 Å². The summed E-state index contributed by atoms with van der Waals surface area (Å²) < 4.78 is 69.6. The van der Waals surface area contributed by atoms with E-state index in [4.69, 9.17) is 0 Å². The van der Waals surface area contributed by atoms with Crippen molar-refractivity contribution in [3.63, 3.8) is 0 Å². The van der Waals surface area contributed by atoms with Crippen molar-refractivity contribution in [1.82, 2.24) is 4.57 Å². The molecule has 1 aliphatic heterocycles. The molecule has 0 unspecified atom stereocenters. The third kappa shape index (κ3) is 4.35. The first-order chi connectivity index (χ1) is 16.8. The van der Waals surface area contributed by atoms with Crippen LogP contribution < -0.4 is 5.32 Å². The fraction of sp³-hybridized carbons (Fsp3) is 0.440. The fourth-order valence-corrected chi connectivity index (χ4v) is 5.31. The Bertz CT molecular complexity index is 1290. The molecule has 1 aromatic heterocycles. The molecule has 4 rings (SSSR count). The molecular weight excluding hydrogens is 487 g/mol. The number of anilines is 1. The van der Waals surface area contributed by atoms with Crippen molar-refractivity contribution in [3.8, 4) is 0 Å². The second-order valence-corrected chi connectivity index (χ2v) is 9.49. The van der Waals surface area contributed by atoms with Crippen LogP contribution in [-0.4, -0.2) is 39.9 Å². The zero-order chi connectivity index (χ0) is 26.6. The number of fused-ring (bicyclic) bond motifs is 1. The zero-order valence-corrected chi connectivity index (χ0v) is 19.5. The minimum absolute atomic E-state index is 0.0603. The molecule has 0 bridgehead atoms. The Morgan fingerprint density at radius 1 is 1.11 bits per heavy atom. The van der Waals surface area contributed by atoms with Crippen molar-refractivity contribution < 1.29 is 41.1 Å². The van der Waals surface area contributed by atoms with E-state index in [2.05, 4.69) is 5.32 Å². The quantitative estimate of drug-likeness (QED) is 0.315. The van der Waals surface area contributed by atoms with Crippen molar-refractivity contribution in [2.45, 2.75) is 64.6 Å². The lowest BCUT2D eigenvalue weighted by atomic mass is 9.60. The zero-order valence-electron chi connectivity index (χ0n) is 19.5. The summed E-state index contributed by atoms with van der Waals surface area (Å²) >= 11 is 0. The molecule has 1 saturated carbocycles. The number of hydrogen-bond acceptors (Lipinski definition) is 4. The predicted octanol–water partition coefficient (Wildman–Crippen LogP) is 4.76. The van der Waals surface area contributed by atoms with E-state index in [0.29, 0.717) is 0 Å². The van der Waals surface area contributed by atoms with Crippen molar-refractivity contribution in [3.05, 3.63) is 52.3 Å². The molecule has 11 heteroatoms. The van der Waals surface area contributed by atoms with Gasteiger partial charge in [-0.25, -0.2) is 22.0 Å². The predicted molar refractivity (Wildman–Crippen MR) is 118 cm³/mol. The molecule has 1 aromatic carbocycles. The van der Waals surface area contributed by atoms with Crippen LogP contribution in [0.5, 0.6) is 0 Å². The van der Waals surface area contributed by atoms with Gasteiger partial charge >= 0.3 is 0 Å². The SMILES string of the molecule is CCC(=O)C1(CC(=O)C(=O)c2c(C)c(C(=O)Nc3ccc(F)c(F)c3)n3c2C[C@@H](F)C3)CC(F)(F)C1. The number of nitrogens with one attached hydrogen (secondary N) is 1. The second-order valence-electron chi connectivity index (χ2n) is 9.49. The average Bonchev–Trinajstić information content (AvgIpc) is 3.26. The van der Waals surface area contributed by atoms with Crippen molar-refractivity contribution in [2.24, 2.45) is 5.41 Å². The van der Waals surface area contributed by atoms with Crippen LogP contribution in [0.25, 0.3) is 0 Å². The van der Waals surface area contributed by atoms with Gasteiger partial charge in [0.25, 0.3) is 5.91 Å². The fourth-order valence-electron chi connectivity index (χ4n) is 5.31. The van der Waals surface area contributed by atoms with Crippen LogP contribution in [0, 0.1) is 24.0 Å². The van der Waals surface area contributed by atoms with Crippen molar-refractivity contribution in [2.75, 3.05) is 5.32 Å². The Labute approximate surface area is 202 Å². The Kier molecular flexibility index (Phi) is 6.38. The van der Waals surface area contributed by atoms with Crippen LogP contribution in [0.3, 0.4) is 0 Å². The molecule has 1 aliphatic carbocycles. The maximum Gasteiger partial charge on any atom is 0.272 e. The number of hydrogen-bond donors (Lipinski definition) is 1. The van der Waals surface area contributed by atoms with Gasteiger partial charge in [0.15, 0.2) is 11.6 Å². The smallest absolute Gasteiger partial charge is 0.272 e. The first kappa shape index (κ1) is 25.7. The number of benzene rings is 1. The maximum atomic E-state index is 14.3. The standard InChI is InChI=1S/C25H23F5N2O4/c1-3-19(34)24(10-25(29,30)11-24)8-18(33)22(35)20-12(2)21(32-9-13(26)6-17(20)32)23(36)31-14-4-5-15(27)16(28)7-14/h4-5,7,13H,3,6,8-11H2,1-2H3,(H,31,36)/t13-/m1/s1. The molecule has 0 radical (unpaired) electrons. The summed E-state index contributed by atoms with van der Waals surface area (Å²) in [5, 5.41) is 2.37. The van der Waals surface area contributed by atoms with Gasteiger partial charge in [-0.3, -0.25) is 19.2 Å². The normalized spacial score (nSPS) is 19.4. The van der Waals surface area contributed by atoms with E-state index in [1.54, 1.807) is 0 Å². The van der Waals surface area contributed by atoms with E-state index in [1.165, 1.54) is 18.4 Å². The number of alkyl halides is 3. The summed E-state index contributed by atoms with van der Waals surface area (Å²) in [5.74, 6) is -8.96. The summed E-state index contributed by atoms with van der Waals surface area (Å²) in [4.78, 5) is 51.5. The highest BCUT2D eigenvalue weighted by molar-refractivity contribution is 6.45. The first-order valence-corrected chi connectivity index (χ1v) is 11.4. The van der Waals surface area contributed by atoms with E-state index in [1.807, 2.05) is 0 Å². The highest BCUT2D eigenvalue weighted by atomic mass is 19.3. The van der Waals surface area contributed by atoms with Gasteiger partial charge in [-0.15, -0.1) is 0 Å². The Balaban J connectivity index is 1.65. The molecule has 1 amide bonds. The topological polar surface area (TPSA) is 85.2 Å². The number of amides is 1. The van der Waals surface area contributed by atoms with Gasteiger partial charge in [0.2, 0.25) is 17.5 Å². The number of Topliss-reactive ketones (excluding diaryl/α,β-unsaturated/α-hetero) is 3. The number of ketones is 3. The molecule has 1 fully saturated rings. The Hall–Kier alpha value is -3.37. The largest absolute Gasteiger partial charge is 0.337 e. The van der Waals surface area contributed by atoms with Gasteiger partial charge in [0.05, 0.1) is 12.1 Å². The monoisotopic (exact) mass is 510 g/mol. The molecule has 0 saturated heterocycles. The molecule has 2 aliphatic rings. The van der Waals surface area contributed by atoms with Crippen LogP contribution >= 0.6 is 0 Å². The average molecular weight is 510 g/mol. The third-order valence-corrected chi connectivity index (χ3v) is 6.89. The molecule has 192 valence electrons. The number of aromatic nitrogens is 1. The highest BCUT2D eigenvalue weighted by Crippen LogP contribution is 2.55. The first-order valence-electron chi connectivity index (χ1n) is 11.4. The van der Waals surface area contributed by atoms with Crippen molar-refractivity contribution in [1.29, 1.82) is 0 Å². The maximum absolute atomic E-state index is 14.3. The number of halogens is 5. The highest BCUT2D eigenvalue weighted by Gasteiger charge is 2.60. The summed E-state index contributed by atoms with van der Waals surface area (Å²) in [6.07, 6.45) is -4.13. The van der Waals surface area contributed by atoms with Crippen molar-refractivity contribution >= 4 is 28.9 Å². The lowest BCUT2D eigenvalue weighted by molar-refractivity contribution is -0.179. The lowest BCUT2D eigenvalue weighted by Gasteiger charge is -2.45. The van der Waals surface area contributed by atoms with E-state index >= 15 is 0 Å². The van der Waals surface area contributed by atoms with Gasteiger partial charge in [0, 0.05) is 55.0 Å². The van der Waals surface area contributed by atoms with E-state index in [-0.39, 0.29) is 47.6 Å². The van der Waals surface area contributed by atoms with Gasteiger partial charge in [0.1, 0.15) is 17.6 Å². The number of carbonyl (C=O) groups is 4. The molecule has 1 atom stereocenters. The minimum atomic E-state index is -3.10. The summed E-state index contributed by atoms with van der Waals surface area (Å²) in [6, 6.07) is 2.68. The Morgan fingerprint density at radius 3 is 2.36 bits per heavy atom. The molecule has 36 heavy (non-hydrogen) atoms. The summed E-state index contributed by atoms with van der Waals surface area (Å²) in [6.45, 7) is 2.59. The minimum Gasteiger partial charge on any atom is -0.337 e. The number of nitrogens with zero attached hydrogens (tertiary/aromatic N) is 1. The molecule has 6 nitrogen and oxygen atoms in total. The Morgan fingerprint density at radius 2 is 1.78 bits per heavy atom. The van der Waals surface area contributed by atoms with Crippen LogP contribution in [-0.2, 0) is 22.6 Å². The molecule has 2 aromatic rings. The van der Waals surface area contributed by atoms with Gasteiger partial charge in [-0.2, -0.15) is 0 Å². The van der Waals surface area contributed by atoms with E-state index in [0.717, 1.165) is 18.2 Å². The summed E-state index contributed by atoms with van der Waals surface area (Å²) in [5.41, 5.74) is -1.90. The molecule has 1 N–H and O–H groups in total. The lowest BCUT2D eigenvalue weighted by Crippen LogP contribution is -2.52. The molecular formula is C25H23F5N2O4. The number of rotatable bonds is 8. The van der Waals surface area contributed by atoms with Crippen LogP contribution in [0.1, 0.15) is 64.7 Å². The molecule has 0 spiro atoms. The van der Waals surface area contributed by atoms with E-state index in [9.17, 15) is 41.1 Å². The number of carbonyl (C=O) groups excluding carboxylic acids is 4. The van der Waals surface area contributed by atoms with Gasteiger partial charge in [-0.1, -0.05) is 6.92 Å². The van der Waals surface area contributed by atoms with Crippen LogP contribution in [0.4, 0.5) is 27.6 Å².